The number of aromatic nitrogens is 1. The molecule has 0 fully saturated rings. The molecule has 0 saturated heterocycles. The Hall–Kier alpha value is -1.18. The molecular weight excluding hydrogens is 254 g/mol. The number of rotatable bonds is 8. The Morgan fingerprint density at radius 2 is 2.22 bits per heavy atom. The van der Waals surface area contributed by atoms with E-state index in [0.29, 0.717) is 32.0 Å². The predicted octanol–water partition coefficient (Wildman–Crippen LogP) is 0.828. The molecule has 0 spiro atoms. The van der Waals surface area contributed by atoms with Crippen molar-refractivity contribution in [1.29, 1.82) is 0 Å². The Balaban J connectivity index is 2.57. The smallest absolute Gasteiger partial charge is 0.240 e. The highest BCUT2D eigenvalue weighted by atomic mass is 32.2. The molecule has 0 radical (unpaired) electrons. The van der Waals surface area contributed by atoms with Gasteiger partial charge in [0.25, 0.3) is 0 Å². The van der Waals surface area contributed by atoms with Gasteiger partial charge in [-0.15, -0.1) is 0 Å². The Kier molecular flexibility index (Phi) is 6.03. The molecule has 7 heteroatoms. The second kappa shape index (κ2) is 7.30. The van der Waals surface area contributed by atoms with Gasteiger partial charge in [0.2, 0.25) is 10.0 Å². The van der Waals surface area contributed by atoms with Crippen LogP contribution in [0.25, 0.3) is 0 Å². The van der Waals surface area contributed by atoms with Crippen LogP contribution in [-0.2, 0) is 14.8 Å². The maximum absolute atomic E-state index is 11.9. The minimum Gasteiger partial charge on any atom is -0.382 e. The van der Waals surface area contributed by atoms with Crippen LogP contribution in [0.5, 0.6) is 0 Å². The number of sulfonamides is 1. The Labute approximate surface area is 108 Å². The van der Waals surface area contributed by atoms with Gasteiger partial charge in [-0.25, -0.2) is 18.1 Å². The summed E-state index contributed by atoms with van der Waals surface area (Å²) in [6.07, 6.45) is 2.11. The van der Waals surface area contributed by atoms with E-state index in [1.807, 2.05) is 6.92 Å². The molecule has 1 heterocycles. The lowest BCUT2D eigenvalue weighted by atomic mass is 10.5. The van der Waals surface area contributed by atoms with Crippen LogP contribution in [0, 0.1) is 0 Å². The molecule has 102 valence electrons. The van der Waals surface area contributed by atoms with Crippen molar-refractivity contribution in [2.45, 2.75) is 18.2 Å². The van der Waals surface area contributed by atoms with Gasteiger partial charge in [0.05, 0.1) is 4.90 Å². The molecule has 0 aliphatic carbocycles. The van der Waals surface area contributed by atoms with Crippen LogP contribution in [0.15, 0.2) is 23.2 Å². The molecule has 0 aliphatic heterocycles. The Bertz CT molecular complexity index is 462. The number of hydrogen-bond acceptors (Lipinski definition) is 5. The molecule has 1 rings (SSSR count). The molecule has 0 atom stereocenters. The van der Waals surface area contributed by atoms with Crippen LogP contribution in [0.4, 0.5) is 5.82 Å². The molecule has 1 aromatic rings. The van der Waals surface area contributed by atoms with Crippen LogP contribution < -0.4 is 10.0 Å². The summed E-state index contributed by atoms with van der Waals surface area (Å²) >= 11 is 0. The highest BCUT2D eigenvalue weighted by Gasteiger charge is 2.13. The minimum absolute atomic E-state index is 0.207. The third kappa shape index (κ3) is 4.59. The van der Waals surface area contributed by atoms with Crippen LogP contribution in [0.1, 0.15) is 13.3 Å². The lowest BCUT2D eigenvalue weighted by Gasteiger charge is -2.07. The number of nitrogens with zero attached hydrogens (tertiary/aromatic N) is 1. The van der Waals surface area contributed by atoms with Gasteiger partial charge in [0, 0.05) is 39.1 Å². The Morgan fingerprint density at radius 3 is 2.89 bits per heavy atom. The molecule has 2 N–H and O–H groups in total. The fourth-order valence-corrected chi connectivity index (χ4v) is 2.41. The summed E-state index contributed by atoms with van der Waals surface area (Å²) in [5, 5.41) is 2.80. The van der Waals surface area contributed by atoms with Crippen molar-refractivity contribution in [3.05, 3.63) is 18.3 Å². The van der Waals surface area contributed by atoms with E-state index in [1.165, 1.54) is 18.3 Å². The molecule has 0 saturated carbocycles. The average Bonchev–Trinajstić information content (AvgIpc) is 2.38. The standard InChI is InChI=1S/C11H19N3O3S/c1-3-17-8-4-6-14-18(15,16)10-5-7-13-11(9-10)12-2/h5,7,9,14H,3-4,6,8H2,1-2H3,(H,12,13). The van der Waals surface area contributed by atoms with Gasteiger partial charge in [0.1, 0.15) is 5.82 Å². The maximum atomic E-state index is 11.9. The molecule has 0 aliphatic rings. The lowest BCUT2D eigenvalue weighted by Crippen LogP contribution is -2.25. The predicted molar refractivity (Wildman–Crippen MR) is 70.1 cm³/mol. The summed E-state index contributed by atoms with van der Waals surface area (Å²) in [7, 11) is -1.78. The lowest BCUT2D eigenvalue weighted by molar-refractivity contribution is 0.146. The topological polar surface area (TPSA) is 80.3 Å². The first-order valence-electron chi connectivity index (χ1n) is 5.81. The molecule has 0 bridgehead atoms. The largest absolute Gasteiger partial charge is 0.382 e. The van der Waals surface area contributed by atoms with Crippen molar-refractivity contribution in [2.24, 2.45) is 0 Å². The van der Waals surface area contributed by atoms with E-state index in [0.717, 1.165) is 0 Å². The van der Waals surface area contributed by atoms with Crippen LogP contribution in [0.3, 0.4) is 0 Å². The second-order valence-electron chi connectivity index (χ2n) is 3.58. The average molecular weight is 273 g/mol. The third-order valence-electron chi connectivity index (χ3n) is 2.26. The van der Waals surface area contributed by atoms with Gasteiger partial charge in [-0.3, -0.25) is 0 Å². The zero-order valence-corrected chi connectivity index (χ0v) is 11.5. The van der Waals surface area contributed by atoms with Gasteiger partial charge in [-0.05, 0) is 19.4 Å². The summed E-state index contributed by atoms with van der Waals surface area (Å²) in [5.74, 6) is 0.521. The van der Waals surface area contributed by atoms with Crippen molar-refractivity contribution in [3.8, 4) is 0 Å². The summed E-state index contributed by atoms with van der Waals surface area (Å²) in [5.41, 5.74) is 0. The Morgan fingerprint density at radius 1 is 1.44 bits per heavy atom. The van der Waals surface area contributed by atoms with Gasteiger partial charge >= 0.3 is 0 Å². The van der Waals surface area contributed by atoms with E-state index >= 15 is 0 Å². The van der Waals surface area contributed by atoms with Crippen molar-refractivity contribution >= 4 is 15.8 Å². The van der Waals surface area contributed by atoms with Crippen molar-refractivity contribution < 1.29 is 13.2 Å². The van der Waals surface area contributed by atoms with Crippen LogP contribution in [0.2, 0.25) is 0 Å². The van der Waals surface area contributed by atoms with Gasteiger partial charge < -0.3 is 10.1 Å². The number of pyridine rings is 1. The highest BCUT2D eigenvalue weighted by molar-refractivity contribution is 7.89. The van der Waals surface area contributed by atoms with E-state index in [-0.39, 0.29) is 4.90 Å². The number of hydrogen-bond donors (Lipinski definition) is 2. The van der Waals surface area contributed by atoms with E-state index < -0.39 is 10.0 Å². The minimum atomic E-state index is -3.47. The number of nitrogens with one attached hydrogen (secondary N) is 2. The summed E-state index contributed by atoms with van der Waals surface area (Å²) < 4.78 is 31.5. The molecule has 1 aromatic heterocycles. The molecule has 0 unspecified atom stereocenters. The molecule has 0 amide bonds. The molecule has 18 heavy (non-hydrogen) atoms. The zero-order valence-electron chi connectivity index (χ0n) is 10.6. The second-order valence-corrected chi connectivity index (χ2v) is 5.34. The number of anilines is 1. The van der Waals surface area contributed by atoms with Crippen molar-refractivity contribution in [3.63, 3.8) is 0 Å². The molecule has 0 aromatic carbocycles. The summed E-state index contributed by atoms with van der Waals surface area (Å²) in [6.45, 7) is 3.46. The third-order valence-corrected chi connectivity index (χ3v) is 3.72. The number of ether oxygens (including phenoxy) is 1. The molecule has 6 nitrogen and oxygen atoms in total. The summed E-state index contributed by atoms with van der Waals surface area (Å²) in [4.78, 5) is 4.18. The van der Waals surface area contributed by atoms with Crippen LogP contribution in [-0.4, -0.2) is 40.2 Å². The summed E-state index contributed by atoms with van der Waals surface area (Å²) in [6, 6.07) is 2.95. The molecular formula is C11H19N3O3S. The van der Waals surface area contributed by atoms with Crippen LogP contribution >= 0.6 is 0 Å². The van der Waals surface area contributed by atoms with Gasteiger partial charge in [-0.1, -0.05) is 0 Å². The van der Waals surface area contributed by atoms with E-state index in [1.54, 1.807) is 7.05 Å². The van der Waals surface area contributed by atoms with Gasteiger partial charge in [0.15, 0.2) is 0 Å². The fraction of sp³-hybridized carbons (Fsp3) is 0.545. The fourth-order valence-electron chi connectivity index (χ4n) is 1.32. The zero-order chi connectivity index (χ0) is 13.4. The van der Waals surface area contributed by atoms with E-state index in [9.17, 15) is 8.42 Å². The highest BCUT2D eigenvalue weighted by Crippen LogP contribution is 2.11. The first kappa shape index (κ1) is 14.9. The van der Waals surface area contributed by atoms with E-state index in [2.05, 4.69) is 15.0 Å². The van der Waals surface area contributed by atoms with Crippen molar-refractivity contribution in [1.82, 2.24) is 9.71 Å². The monoisotopic (exact) mass is 273 g/mol. The SMILES string of the molecule is CCOCCCNS(=O)(=O)c1ccnc(NC)c1. The van der Waals surface area contributed by atoms with Crippen molar-refractivity contribution in [2.75, 3.05) is 32.1 Å². The maximum Gasteiger partial charge on any atom is 0.240 e. The van der Waals surface area contributed by atoms with E-state index in [4.69, 9.17) is 4.74 Å². The first-order chi connectivity index (χ1) is 8.60. The quantitative estimate of drug-likeness (QED) is 0.686. The van der Waals surface area contributed by atoms with Gasteiger partial charge in [-0.2, -0.15) is 0 Å². The first-order valence-corrected chi connectivity index (χ1v) is 7.29. The normalized spacial score (nSPS) is 11.4.